The molecule has 0 aliphatic heterocycles. The predicted molar refractivity (Wildman–Crippen MR) is 91.3 cm³/mol. The smallest absolute Gasteiger partial charge is 0.344 e. The molecule has 1 heterocycles. The molecule has 0 saturated heterocycles. The number of halogens is 2. The van der Waals surface area contributed by atoms with E-state index in [1.165, 1.54) is 6.07 Å². The van der Waals surface area contributed by atoms with E-state index in [-0.39, 0.29) is 19.0 Å². The van der Waals surface area contributed by atoms with Crippen molar-refractivity contribution in [1.29, 1.82) is 0 Å². The molecule has 0 unspecified atom stereocenters. The maximum Gasteiger partial charge on any atom is 0.344 e. The third kappa shape index (κ3) is 3.41. The number of rotatable bonds is 5. The standard InChI is InChI=1S/C17H14BrFN2O3/c1-2-23-15(22)9-24-16-11(7-10(18)8-12(16)19)17-20-13-5-3-4-6-14(13)21-17/h3-8H,2,9H2,1H3,(H,20,21). The van der Waals surface area contributed by atoms with E-state index in [0.29, 0.717) is 15.9 Å². The lowest BCUT2D eigenvalue weighted by Crippen LogP contribution is -2.15. The Morgan fingerprint density at radius 1 is 1.33 bits per heavy atom. The average molecular weight is 393 g/mol. The Bertz CT molecular complexity index is 862. The van der Waals surface area contributed by atoms with Gasteiger partial charge in [0.2, 0.25) is 0 Å². The molecule has 5 nitrogen and oxygen atoms in total. The molecule has 3 rings (SSSR count). The monoisotopic (exact) mass is 392 g/mol. The zero-order valence-corrected chi connectivity index (χ0v) is 14.4. The van der Waals surface area contributed by atoms with E-state index in [4.69, 9.17) is 9.47 Å². The predicted octanol–water partition coefficient (Wildman–Crippen LogP) is 4.07. The summed E-state index contributed by atoms with van der Waals surface area (Å²) in [5.74, 6) is -0.750. The fourth-order valence-corrected chi connectivity index (χ4v) is 2.73. The third-order valence-corrected chi connectivity index (χ3v) is 3.75. The zero-order valence-electron chi connectivity index (χ0n) is 12.8. The van der Waals surface area contributed by atoms with Crippen molar-refractivity contribution < 1.29 is 18.7 Å². The molecule has 124 valence electrons. The summed E-state index contributed by atoms with van der Waals surface area (Å²) in [5.41, 5.74) is 2.00. The van der Waals surface area contributed by atoms with E-state index in [1.54, 1.807) is 13.0 Å². The molecule has 1 N–H and O–H groups in total. The van der Waals surface area contributed by atoms with Crippen molar-refractivity contribution >= 4 is 32.9 Å². The van der Waals surface area contributed by atoms with Crippen LogP contribution in [0.1, 0.15) is 6.92 Å². The van der Waals surface area contributed by atoms with Crippen LogP contribution in [0, 0.1) is 5.82 Å². The quantitative estimate of drug-likeness (QED) is 0.664. The number of benzene rings is 2. The molecule has 0 atom stereocenters. The van der Waals surface area contributed by atoms with Crippen LogP contribution in [-0.2, 0) is 9.53 Å². The van der Waals surface area contributed by atoms with E-state index >= 15 is 0 Å². The van der Waals surface area contributed by atoms with Gasteiger partial charge in [-0.3, -0.25) is 0 Å². The molecule has 3 aromatic rings. The van der Waals surface area contributed by atoms with Gasteiger partial charge in [0, 0.05) is 4.47 Å². The number of H-pyrrole nitrogens is 1. The number of imidazole rings is 1. The van der Waals surface area contributed by atoms with E-state index < -0.39 is 11.8 Å². The first-order chi connectivity index (χ1) is 11.6. The summed E-state index contributed by atoms with van der Waals surface area (Å²) >= 11 is 3.26. The molecule has 0 aliphatic rings. The van der Waals surface area contributed by atoms with Gasteiger partial charge in [0.1, 0.15) is 5.82 Å². The Morgan fingerprint density at radius 3 is 2.88 bits per heavy atom. The molecule has 0 spiro atoms. The molecule has 0 amide bonds. The first-order valence-electron chi connectivity index (χ1n) is 7.31. The van der Waals surface area contributed by atoms with E-state index in [1.807, 2.05) is 24.3 Å². The van der Waals surface area contributed by atoms with Crippen molar-refractivity contribution in [1.82, 2.24) is 9.97 Å². The molecule has 0 bridgehead atoms. The molecule has 7 heteroatoms. The topological polar surface area (TPSA) is 64.2 Å². The van der Waals surface area contributed by atoms with Crippen LogP contribution in [0.3, 0.4) is 0 Å². The van der Waals surface area contributed by atoms with Crippen LogP contribution in [0.25, 0.3) is 22.4 Å². The van der Waals surface area contributed by atoms with Crippen LogP contribution in [0.5, 0.6) is 5.75 Å². The van der Waals surface area contributed by atoms with Crippen LogP contribution in [-0.4, -0.2) is 29.2 Å². The number of aromatic nitrogens is 2. The van der Waals surface area contributed by atoms with Crippen molar-refractivity contribution in [3.8, 4) is 17.1 Å². The molecular formula is C17H14BrFN2O3. The molecule has 0 fully saturated rings. The van der Waals surface area contributed by atoms with Crippen molar-refractivity contribution in [2.45, 2.75) is 6.92 Å². The number of carbonyl (C=O) groups is 1. The van der Waals surface area contributed by atoms with Crippen molar-refractivity contribution in [2.24, 2.45) is 0 Å². The number of nitrogens with zero attached hydrogens (tertiary/aromatic N) is 1. The Labute approximate surface area is 145 Å². The second-order valence-electron chi connectivity index (χ2n) is 4.96. The van der Waals surface area contributed by atoms with Crippen LogP contribution in [0.15, 0.2) is 40.9 Å². The fourth-order valence-electron chi connectivity index (χ4n) is 2.30. The summed E-state index contributed by atoms with van der Waals surface area (Å²) in [6.45, 7) is 1.55. The normalized spacial score (nSPS) is 10.8. The highest BCUT2D eigenvalue weighted by Crippen LogP contribution is 2.35. The van der Waals surface area contributed by atoms with Gasteiger partial charge >= 0.3 is 5.97 Å². The van der Waals surface area contributed by atoms with Gasteiger partial charge in [0.25, 0.3) is 0 Å². The van der Waals surface area contributed by atoms with Gasteiger partial charge < -0.3 is 14.5 Å². The summed E-state index contributed by atoms with van der Waals surface area (Å²) in [7, 11) is 0. The van der Waals surface area contributed by atoms with Gasteiger partial charge in [-0.05, 0) is 31.2 Å². The maximum absolute atomic E-state index is 14.3. The average Bonchev–Trinajstić information content (AvgIpc) is 2.97. The summed E-state index contributed by atoms with van der Waals surface area (Å²) in [6, 6.07) is 10.4. The summed E-state index contributed by atoms with van der Waals surface area (Å²) in [6.07, 6.45) is 0. The lowest BCUT2D eigenvalue weighted by molar-refractivity contribution is -0.145. The van der Waals surface area contributed by atoms with Crippen LogP contribution < -0.4 is 4.74 Å². The SMILES string of the molecule is CCOC(=O)COc1c(F)cc(Br)cc1-c1nc2ccccc2[nH]1. The molecule has 2 aromatic carbocycles. The number of hydrogen-bond donors (Lipinski definition) is 1. The lowest BCUT2D eigenvalue weighted by atomic mass is 10.2. The van der Waals surface area contributed by atoms with Crippen LogP contribution in [0.4, 0.5) is 4.39 Å². The Morgan fingerprint density at radius 2 is 2.12 bits per heavy atom. The summed E-state index contributed by atoms with van der Waals surface area (Å²) < 4.78 is 25.0. The van der Waals surface area contributed by atoms with Gasteiger partial charge in [-0.1, -0.05) is 28.1 Å². The first kappa shape index (κ1) is 16.4. The Balaban J connectivity index is 2.01. The number of nitrogens with one attached hydrogen (secondary N) is 1. The molecular weight excluding hydrogens is 379 g/mol. The van der Waals surface area contributed by atoms with E-state index in [0.717, 1.165) is 11.0 Å². The molecule has 0 saturated carbocycles. The zero-order chi connectivity index (χ0) is 17.1. The first-order valence-corrected chi connectivity index (χ1v) is 8.10. The molecule has 24 heavy (non-hydrogen) atoms. The number of hydrogen-bond acceptors (Lipinski definition) is 4. The number of aromatic amines is 1. The molecule has 1 aromatic heterocycles. The highest BCUT2D eigenvalue weighted by atomic mass is 79.9. The van der Waals surface area contributed by atoms with E-state index in [9.17, 15) is 9.18 Å². The van der Waals surface area contributed by atoms with Crippen LogP contribution in [0.2, 0.25) is 0 Å². The Hall–Kier alpha value is -2.41. The fraction of sp³-hybridized carbons (Fsp3) is 0.176. The largest absolute Gasteiger partial charge is 0.478 e. The van der Waals surface area contributed by atoms with Crippen molar-refractivity contribution in [3.63, 3.8) is 0 Å². The van der Waals surface area contributed by atoms with Crippen molar-refractivity contribution in [2.75, 3.05) is 13.2 Å². The van der Waals surface area contributed by atoms with Crippen LogP contribution >= 0.6 is 15.9 Å². The highest BCUT2D eigenvalue weighted by Gasteiger charge is 2.18. The van der Waals surface area contributed by atoms with Gasteiger partial charge in [-0.15, -0.1) is 0 Å². The molecule has 0 aliphatic carbocycles. The van der Waals surface area contributed by atoms with Gasteiger partial charge in [0.05, 0.1) is 23.2 Å². The lowest BCUT2D eigenvalue weighted by Gasteiger charge is -2.11. The number of carbonyl (C=O) groups excluding carboxylic acids is 1. The van der Waals surface area contributed by atoms with Gasteiger partial charge in [-0.2, -0.15) is 0 Å². The van der Waals surface area contributed by atoms with Crippen molar-refractivity contribution in [3.05, 3.63) is 46.7 Å². The minimum absolute atomic E-state index is 0.0506. The summed E-state index contributed by atoms with van der Waals surface area (Å²) in [5, 5.41) is 0. The van der Waals surface area contributed by atoms with Gasteiger partial charge in [-0.25, -0.2) is 14.2 Å². The second-order valence-corrected chi connectivity index (χ2v) is 5.88. The minimum Gasteiger partial charge on any atom is -0.478 e. The van der Waals surface area contributed by atoms with Gasteiger partial charge in [0.15, 0.2) is 18.2 Å². The number of esters is 1. The number of para-hydroxylation sites is 2. The Kier molecular flexibility index (Phi) is 4.80. The minimum atomic E-state index is -0.593. The number of fused-ring (bicyclic) bond motifs is 1. The maximum atomic E-state index is 14.3. The summed E-state index contributed by atoms with van der Waals surface area (Å²) in [4.78, 5) is 19.1. The number of ether oxygens (including phenoxy) is 2. The van der Waals surface area contributed by atoms with E-state index in [2.05, 4.69) is 25.9 Å². The second kappa shape index (κ2) is 7.00. The molecule has 0 radical (unpaired) electrons. The highest BCUT2D eigenvalue weighted by molar-refractivity contribution is 9.10. The third-order valence-electron chi connectivity index (χ3n) is 3.29.